The molecule has 9 heteroatoms. The maximum Gasteiger partial charge on any atom is 0.338 e. The van der Waals surface area contributed by atoms with Crippen molar-refractivity contribution in [2.24, 2.45) is 4.99 Å². The Hall–Kier alpha value is -3.85. The lowest BCUT2D eigenvalue weighted by Gasteiger charge is -2.25. The standard InChI is InChI=1S/C30H34N2O6S/c1-6-9-16-38-23-15-14-21(17-24(23)35-5)27-26(29(34)37-8-3)19(4)31-30-32(27)28(33)25(39-30)18-20-12-10-11-13-22(20)36-7-2/h10-15,17-18,27H,6-9,16H2,1-5H3/b25-18+/t27-/m1/s1. The Kier molecular flexibility index (Phi) is 9.24. The van der Waals surface area contributed by atoms with Gasteiger partial charge in [0.2, 0.25) is 0 Å². The summed E-state index contributed by atoms with van der Waals surface area (Å²) in [6.45, 7) is 8.81. The van der Waals surface area contributed by atoms with Gasteiger partial charge in [0.05, 0.1) is 48.8 Å². The fraction of sp³-hybridized carbons (Fsp3) is 0.367. The first-order valence-electron chi connectivity index (χ1n) is 13.2. The molecular formula is C30H34N2O6S. The molecule has 39 heavy (non-hydrogen) atoms. The molecule has 0 fully saturated rings. The van der Waals surface area contributed by atoms with Gasteiger partial charge in [-0.2, -0.15) is 0 Å². The van der Waals surface area contributed by atoms with Crippen molar-refractivity contribution in [1.29, 1.82) is 0 Å². The molecule has 1 aliphatic rings. The minimum atomic E-state index is -0.747. The average Bonchev–Trinajstić information content (AvgIpc) is 3.23. The quantitative estimate of drug-likeness (QED) is 0.260. The van der Waals surface area contributed by atoms with E-state index in [0.29, 0.717) is 56.6 Å². The Morgan fingerprint density at radius 1 is 1.05 bits per heavy atom. The van der Waals surface area contributed by atoms with Crippen LogP contribution < -0.4 is 29.1 Å². The SMILES string of the molecule is CCCCOc1ccc([C@@H]2C(C(=O)OCC)=C(C)N=c3s/c(=C/c4ccccc4OCC)c(=O)n32)cc1OC. The van der Waals surface area contributed by atoms with Crippen LogP contribution in [0.3, 0.4) is 0 Å². The number of benzene rings is 2. The number of esters is 1. The Morgan fingerprint density at radius 2 is 1.85 bits per heavy atom. The summed E-state index contributed by atoms with van der Waals surface area (Å²) in [7, 11) is 1.57. The summed E-state index contributed by atoms with van der Waals surface area (Å²) in [5.74, 6) is 1.30. The number of aromatic nitrogens is 1. The largest absolute Gasteiger partial charge is 0.493 e. The highest BCUT2D eigenvalue weighted by Gasteiger charge is 2.34. The van der Waals surface area contributed by atoms with Gasteiger partial charge in [0.1, 0.15) is 5.75 Å². The number of methoxy groups -OCH3 is 1. The monoisotopic (exact) mass is 550 g/mol. The average molecular weight is 551 g/mol. The van der Waals surface area contributed by atoms with Gasteiger partial charge in [0.15, 0.2) is 16.3 Å². The smallest absolute Gasteiger partial charge is 0.338 e. The van der Waals surface area contributed by atoms with Crippen molar-refractivity contribution in [2.45, 2.75) is 46.6 Å². The normalized spacial score (nSPS) is 15.0. The van der Waals surface area contributed by atoms with Gasteiger partial charge < -0.3 is 18.9 Å². The second kappa shape index (κ2) is 12.8. The maximum absolute atomic E-state index is 13.9. The molecule has 4 rings (SSSR count). The van der Waals surface area contributed by atoms with Crippen LogP contribution in [-0.4, -0.2) is 37.5 Å². The number of carbonyl (C=O) groups is 1. The van der Waals surface area contributed by atoms with Crippen molar-refractivity contribution >= 4 is 23.4 Å². The molecule has 1 atom stereocenters. The molecule has 0 saturated carbocycles. The van der Waals surface area contributed by atoms with Crippen LogP contribution in [0.1, 0.15) is 57.7 Å². The Morgan fingerprint density at radius 3 is 2.56 bits per heavy atom. The van der Waals surface area contributed by atoms with E-state index in [9.17, 15) is 9.59 Å². The van der Waals surface area contributed by atoms with E-state index in [0.717, 1.165) is 18.4 Å². The summed E-state index contributed by atoms with van der Waals surface area (Å²) in [4.78, 5) is 32.3. The summed E-state index contributed by atoms with van der Waals surface area (Å²) in [6, 6.07) is 12.3. The maximum atomic E-state index is 13.9. The number of unbranched alkanes of at least 4 members (excludes halogenated alkanes) is 1. The molecule has 0 aliphatic carbocycles. The first-order valence-corrected chi connectivity index (χ1v) is 14.0. The van der Waals surface area contributed by atoms with Crippen LogP contribution in [0.5, 0.6) is 17.2 Å². The van der Waals surface area contributed by atoms with Crippen LogP contribution in [0.15, 0.2) is 63.5 Å². The van der Waals surface area contributed by atoms with Crippen LogP contribution in [0, 0.1) is 0 Å². The third-order valence-electron chi connectivity index (χ3n) is 6.28. The molecule has 2 aromatic carbocycles. The number of rotatable bonds is 11. The first kappa shape index (κ1) is 28.2. The van der Waals surface area contributed by atoms with E-state index < -0.39 is 12.0 Å². The van der Waals surface area contributed by atoms with Crippen LogP contribution >= 0.6 is 11.3 Å². The summed E-state index contributed by atoms with van der Waals surface area (Å²) < 4.78 is 24.7. The zero-order valence-corrected chi connectivity index (χ0v) is 23.8. The molecule has 1 aromatic heterocycles. The topological polar surface area (TPSA) is 88.4 Å². The highest BCUT2D eigenvalue weighted by Crippen LogP contribution is 2.36. The van der Waals surface area contributed by atoms with Gasteiger partial charge in [-0.1, -0.05) is 48.9 Å². The third-order valence-corrected chi connectivity index (χ3v) is 7.26. The number of carbonyl (C=O) groups excluding carboxylic acids is 1. The summed E-state index contributed by atoms with van der Waals surface area (Å²) in [5.41, 5.74) is 2.04. The van der Waals surface area contributed by atoms with E-state index >= 15 is 0 Å². The lowest BCUT2D eigenvalue weighted by molar-refractivity contribution is -0.139. The molecule has 0 spiro atoms. The minimum Gasteiger partial charge on any atom is -0.493 e. The third kappa shape index (κ3) is 5.93. The number of hydrogen-bond acceptors (Lipinski definition) is 8. The summed E-state index contributed by atoms with van der Waals surface area (Å²) >= 11 is 1.27. The lowest BCUT2D eigenvalue weighted by Crippen LogP contribution is -2.40. The van der Waals surface area contributed by atoms with Crippen LogP contribution in [0.4, 0.5) is 0 Å². The minimum absolute atomic E-state index is 0.203. The lowest BCUT2D eigenvalue weighted by atomic mass is 9.95. The van der Waals surface area contributed by atoms with E-state index in [1.165, 1.54) is 11.3 Å². The summed E-state index contributed by atoms with van der Waals surface area (Å²) in [5, 5.41) is 0. The second-order valence-corrected chi connectivity index (χ2v) is 9.89. The molecule has 206 valence electrons. The Bertz CT molecular complexity index is 1550. The Labute approximate surface area is 231 Å². The second-order valence-electron chi connectivity index (χ2n) is 8.89. The molecule has 0 radical (unpaired) electrons. The van der Waals surface area contributed by atoms with E-state index in [4.69, 9.17) is 18.9 Å². The molecule has 0 N–H and O–H groups in total. The number of thiazole rings is 1. The molecule has 8 nitrogen and oxygen atoms in total. The highest BCUT2D eigenvalue weighted by molar-refractivity contribution is 7.07. The van der Waals surface area contributed by atoms with Crippen LogP contribution in [-0.2, 0) is 9.53 Å². The van der Waals surface area contributed by atoms with E-state index in [1.807, 2.05) is 49.4 Å². The predicted molar refractivity (Wildman–Crippen MR) is 151 cm³/mol. The van der Waals surface area contributed by atoms with Crippen LogP contribution in [0.2, 0.25) is 0 Å². The number of fused-ring (bicyclic) bond motifs is 1. The fourth-order valence-electron chi connectivity index (χ4n) is 4.43. The fourth-order valence-corrected chi connectivity index (χ4v) is 5.47. The van der Waals surface area contributed by atoms with E-state index in [2.05, 4.69) is 11.9 Å². The molecule has 0 unspecified atom stereocenters. The van der Waals surface area contributed by atoms with Crippen molar-refractivity contribution in [2.75, 3.05) is 26.9 Å². The van der Waals surface area contributed by atoms with Crippen molar-refractivity contribution in [3.63, 3.8) is 0 Å². The molecule has 2 heterocycles. The number of nitrogens with zero attached hydrogens (tertiary/aromatic N) is 2. The molecule has 0 amide bonds. The molecule has 0 bridgehead atoms. The van der Waals surface area contributed by atoms with Crippen molar-refractivity contribution < 1.29 is 23.7 Å². The van der Waals surface area contributed by atoms with Gasteiger partial charge >= 0.3 is 5.97 Å². The van der Waals surface area contributed by atoms with E-state index in [-0.39, 0.29) is 12.2 Å². The van der Waals surface area contributed by atoms with Crippen LogP contribution in [0.25, 0.3) is 6.08 Å². The van der Waals surface area contributed by atoms with Gasteiger partial charge in [-0.25, -0.2) is 9.79 Å². The predicted octanol–water partition coefficient (Wildman–Crippen LogP) is 4.38. The van der Waals surface area contributed by atoms with Gasteiger partial charge in [0, 0.05) is 5.56 Å². The zero-order chi connectivity index (χ0) is 27.9. The van der Waals surface area contributed by atoms with E-state index in [1.54, 1.807) is 31.6 Å². The summed E-state index contributed by atoms with van der Waals surface area (Å²) in [6.07, 6.45) is 3.74. The number of ether oxygens (including phenoxy) is 4. The molecule has 0 saturated heterocycles. The van der Waals surface area contributed by atoms with Gasteiger partial charge in [-0.3, -0.25) is 9.36 Å². The number of hydrogen-bond donors (Lipinski definition) is 0. The zero-order valence-electron chi connectivity index (χ0n) is 23.0. The number of para-hydroxylation sites is 1. The molecule has 1 aliphatic heterocycles. The van der Waals surface area contributed by atoms with Crippen molar-refractivity contribution in [3.8, 4) is 17.2 Å². The van der Waals surface area contributed by atoms with Gasteiger partial charge in [-0.05, 0) is 57.0 Å². The number of allylic oxidation sites excluding steroid dienone is 1. The molecule has 3 aromatic rings. The Balaban J connectivity index is 1.90. The van der Waals surface area contributed by atoms with Crippen molar-refractivity contribution in [3.05, 3.63) is 84.5 Å². The van der Waals surface area contributed by atoms with Crippen molar-refractivity contribution in [1.82, 2.24) is 4.57 Å². The first-order chi connectivity index (χ1) is 18.9. The molecular weight excluding hydrogens is 516 g/mol. The highest BCUT2D eigenvalue weighted by atomic mass is 32.1. The van der Waals surface area contributed by atoms with Gasteiger partial charge in [-0.15, -0.1) is 0 Å². The van der Waals surface area contributed by atoms with Gasteiger partial charge in [0.25, 0.3) is 5.56 Å².